The summed E-state index contributed by atoms with van der Waals surface area (Å²) in [7, 11) is -2.83. The number of nitrogens with zero attached hydrogens (tertiary/aromatic N) is 5. The molecule has 236 valence electrons. The molecule has 1 fully saturated rings. The van der Waals surface area contributed by atoms with Gasteiger partial charge in [0, 0.05) is 13.6 Å². The fraction of sp³-hybridized carbons (Fsp3) is 0.538. The van der Waals surface area contributed by atoms with Gasteiger partial charge in [0.25, 0.3) is 5.85 Å². The van der Waals surface area contributed by atoms with Crippen LogP contribution in [-0.2, 0) is 23.4 Å². The number of nitrogen functional groups attached to an aromatic ring is 1. The van der Waals surface area contributed by atoms with Gasteiger partial charge < -0.3 is 29.7 Å². The molecular formula is C26H36F2N7O7P. The lowest BCUT2D eigenvalue weighted by Gasteiger charge is -2.28. The van der Waals surface area contributed by atoms with Crippen LogP contribution in [0.5, 0.6) is 5.75 Å². The topological polar surface area (TPSA) is 176 Å². The van der Waals surface area contributed by atoms with Gasteiger partial charge in [-0.2, -0.15) is 15.1 Å². The SMILES string of the molecule is CCN(C)c1nc(N)nc2c1ncn2[C@@H]1O[C@](F)(CO[P@](=O)(N[C@@H](C)C(=O)OC(C)C)Oc2ccccc2)[C@@H](O)[C@@]1(C)F. The summed E-state index contributed by atoms with van der Waals surface area (Å²) < 4.78 is 68.7. The van der Waals surface area contributed by atoms with E-state index in [2.05, 4.69) is 20.0 Å². The maximum atomic E-state index is 16.3. The molecule has 1 saturated heterocycles. The standard InChI is InChI=1S/C26H36F2N7O7P/c1-7-34(6)19-18-20(32-24(29)31-19)35(14-30-18)23-25(5,27)22(37)26(28,41-23)13-39-43(38,42-17-11-9-8-10-12-17)33-16(4)21(36)40-15(2)3/h8-12,14-16,22-23,37H,7,13H2,1-6H3,(H,33,38)(H2,29,31,32)/t16-,22-,23+,25+,26+,43+/m0/s1. The predicted octanol–water partition coefficient (Wildman–Crippen LogP) is 3.28. The Kier molecular flexibility index (Phi) is 9.28. The van der Waals surface area contributed by atoms with E-state index in [0.29, 0.717) is 12.4 Å². The van der Waals surface area contributed by atoms with Crippen molar-refractivity contribution >= 4 is 36.6 Å². The summed E-state index contributed by atoms with van der Waals surface area (Å²) in [5.74, 6) is -3.75. The first-order valence-corrected chi connectivity index (χ1v) is 15.1. The number of carbonyl (C=O) groups is 1. The van der Waals surface area contributed by atoms with Gasteiger partial charge in [-0.15, -0.1) is 0 Å². The van der Waals surface area contributed by atoms with E-state index >= 15 is 8.78 Å². The third-order valence-corrected chi connectivity index (χ3v) is 8.32. The molecule has 3 aromatic rings. The Hall–Kier alpha value is -3.43. The summed E-state index contributed by atoms with van der Waals surface area (Å²) in [5, 5.41) is 13.2. The van der Waals surface area contributed by atoms with E-state index in [1.165, 1.54) is 25.4 Å². The molecule has 3 heterocycles. The average Bonchev–Trinajstić information content (AvgIpc) is 3.43. The number of aliphatic hydroxyl groups is 1. The molecule has 17 heteroatoms. The summed E-state index contributed by atoms with van der Waals surface area (Å²) >= 11 is 0. The summed E-state index contributed by atoms with van der Waals surface area (Å²) in [6.07, 6.45) is -3.55. The minimum atomic E-state index is -4.57. The zero-order valence-corrected chi connectivity index (χ0v) is 25.5. The van der Waals surface area contributed by atoms with Crippen molar-refractivity contribution in [3.8, 4) is 5.75 Å². The molecule has 1 aromatic carbocycles. The number of imidazole rings is 1. The molecule has 0 amide bonds. The quantitative estimate of drug-likeness (QED) is 0.197. The summed E-state index contributed by atoms with van der Waals surface area (Å²) in [6, 6.07) is 6.54. The fourth-order valence-corrected chi connectivity index (χ4v) is 5.88. The van der Waals surface area contributed by atoms with Crippen LogP contribution < -0.4 is 20.2 Å². The number of benzene rings is 1. The van der Waals surface area contributed by atoms with Crippen LogP contribution in [0.15, 0.2) is 36.7 Å². The van der Waals surface area contributed by atoms with Crippen LogP contribution in [0.2, 0.25) is 0 Å². The zero-order chi connectivity index (χ0) is 31.7. The second kappa shape index (κ2) is 12.3. The Balaban J connectivity index is 1.63. The Labute approximate surface area is 247 Å². The van der Waals surface area contributed by atoms with E-state index in [-0.39, 0.29) is 22.9 Å². The number of hydrogen-bond donors (Lipinski definition) is 3. The molecule has 0 radical (unpaired) electrons. The molecule has 0 saturated carbocycles. The summed E-state index contributed by atoms with van der Waals surface area (Å²) in [5.41, 5.74) is 3.39. The van der Waals surface area contributed by atoms with Gasteiger partial charge in [-0.05, 0) is 46.8 Å². The van der Waals surface area contributed by atoms with Crippen LogP contribution in [0.3, 0.4) is 0 Å². The van der Waals surface area contributed by atoms with Crippen molar-refractivity contribution in [2.24, 2.45) is 0 Å². The number of aromatic nitrogens is 4. The van der Waals surface area contributed by atoms with Crippen LogP contribution in [0.1, 0.15) is 40.8 Å². The second-order valence-electron chi connectivity index (χ2n) is 10.6. The minimum Gasteiger partial charge on any atom is -0.462 e. The Morgan fingerprint density at radius 3 is 2.58 bits per heavy atom. The number of aliphatic hydroxyl groups excluding tert-OH is 1. The molecule has 0 aliphatic carbocycles. The largest absolute Gasteiger partial charge is 0.462 e. The second-order valence-corrected chi connectivity index (χ2v) is 12.3. The maximum absolute atomic E-state index is 16.3. The van der Waals surface area contributed by atoms with Gasteiger partial charge in [0.2, 0.25) is 5.95 Å². The number of nitrogens with two attached hydrogens (primary N) is 1. The summed E-state index contributed by atoms with van der Waals surface area (Å²) in [4.78, 5) is 26.7. The van der Waals surface area contributed by atoms with Crippen LogP contribution in [0.4, 0.5) is 20.5 Å². The number of para-hydroxylation sites is 1. The zero-order valence-electron chi connectivity index (χ0n) is 24.6. The molecule has 6 atom stereocenters. The van der Waals surface area contributed by atoms with E-state index in [9.17, 15) is 14.5 Å². The van der Waals surface area contributed by atoms with Crippen molar-refractivity contribution in [2.75, 3.05) is 30.8 Å². The number of fused-ring (bicyclic) bond motifs is 1. The van der Waals surface area contributed by atoms with Crippen molar-refractivity contribution in [1.29, 1.82) is 0 Å². The van der Waals surface area contributed by atoms with Crippen molar-refractivity contribution in [3.05, 3.63) is 36.7 Å². The van der Waals surface area contributed by atoms with Crippen LogP contribution in [-0.4, -0.2) is 80.6 Å². The number of ether oxygens (including phenoxy) is 2. The molecule has 1 aliphatic heterocycles. The van der Waals surface area contributed by atoms with E-state index in [1.54, 1.807) is 44.0 Å². The number of anilines is 2. The minimum absolute atomic E-state index is 0.0336. The third-order valence-electron chi connectivity index (χ3n) is 6.70. The molecule has 4 N–H and O–H groups in total. The lowest BCUT2D eigenvalue weighted by atomic mass is 9.97. The highest BCUT2D eigenvalue weighted by Crippen LogP contribution is 2.52. The van der Waals surface area contributed by atoms with Crippen LogP contribution >= 0.6 is 7.75 Å². The van der Waals surface area contributed by atoms with Crippen molar-refractivity contribution < 1.29 is 41.8 Å². The molecule has 0 spiro atoms. The summed E-state index contributed by atoms with van der Waals surface area (Å²) in [6.45, 7) is 6.68. The van der Waals surface area contributed by atoms with Gasteiger partial charge in [-0.25, -0.2) is 18.3 Å². The normalized spacial score (nSPS) is 25.9. The Morgan fingerprint density at radius 2 is 1.95 bits per heavy atom. The molecule has 0 bridgehead atoms. The van der Waals surface area contributed by atoms with Crippen LogP contribution in [0.25, 0.3) is 11.2 Å². The number of hydrogen-bond acceptors (Lipinski definition) is 12. The number of rotatable bonds is 12. The van der Waals surface area contributed by atoms with Gasteiger partial charge in [0.05, 0.1) is 12.4 Å². The molecule has 2 aromatic heterocycles. The number of carbonyl (C=O) groups excluding carboxylic acids is 1. The number of halogens is 2. The van der Waals surface area contributed by atoms with E-state index in [0.717, 1.165) is 11.5 Å². The van der Waals surface area contributed by atoms with E-state index in [4.69, 9.17) is 24.3 Å². The van der Waals surface area contributed by atoms with Crippen molar-refractivity contribution in [1.82, 2.24) is 24.6 Å². The van der Waals surface area contributed by atoms with Crippen molar-refractivity contribution in [3.63, 3.8) is 0 Å². The Bertz CT molecular complexity index is 1500. The number of alkyl halides is 2. The first-order chi connectivity index (χ1) is 20.1. The molecule has 0 unspecified atom stereocenters. The van der Waals surface area contributed by atoms with E-state index in [1.807, 2.05) is 6.92 Å². The molecule has 43 heavy (non-hydrogen) atoms. The first-order valence-electron chi connectivity index (χ1n) is 13.5. The molecule has 14 nitrogen and oxygen atoms in total. The smallest absolute Gasteiger partial charge is 0.459 e. The highest BCUT2D eigenvalue weighted by Gasteiger charge is 2.65. The fourth-order valence-electron chi connectivity index (χ4n) is 4.38. The highest BCUT2D eigenvalue weighted by molar-refractivity contribution is 7.52. The third kappa shape index (κ3) is 6.73. The molecule has 1 aliphatic rings. The maximum Gasteiger partial charge on any atom is 0.459 e. The number of nitrogens with one attached hydrogen (secondary N) is 1. The van der Waals surface area contributed by atoms with Gasteiger partial charge in [0.1, 0.15) is 18.4 Å². The monoisotopic (exact) mass is 627 g/mol. The number of esters is 1. The van der Waals surface area contributed by atoms with E-state index < -0.39 is 56.3 Å². The molecular weight excluding hydrogens is 591 g/mol. The molecule has 4 rings (SSSR count). The predicted molar refractivity (Wildman–Crippen MR) is 153 cm³/mol. The van der Waals surface area contributed by atoms with Gasteiger partial charge in [-0.3, -0.25) is 13.9 Å². The highest BCUT2D eigenvalue weighted by atomic mass is 31.2. The van der Waals surface area contributed by atoms with Gasteiger partial charge in [0.15, 0.2) is 35.0 Å². The Morgan fingerprint density at radius 1 is 1.28 bits per heavy atom. The average molecular weight is 628 g/mol. The van der Waals surface area contributed by atoms with Crippen molar-refractivity contribution in [2.45, 2.75) is 70.6 Å². The van der Waals surface area contributed by atoms with Gasteiger partial charge >= 0.3 is 13.7 Å². The lowest BCUT2D eigenvalue weighted by molar-refractivity contribution is -0.202. The van der Waals surface area contributed by atoms with Crippen LogP contribution in [0, 0.1) is 0 Å². The first kappa shape index (κ1) is 32.5. The van der Waals surface area contributed by atoms with Gasteiger partial charge in [-0.1, -0.05) is 18.2 Å². The lowest BCUT2D eigenvalue weighted by Crippen LogP contribution is -2.47.